The zero-order valence-electron chi connectivity index (χ0n) is 11.9. The molecule has 0 saturated carbocycles. The Kier molecular flexibility index (Phi) is 6.54. The molecular weight excluding hydrogens is 296 g/mol. The van der Waals surface area contributed by atoms with Crippen LogP contribution in [0.4, 0.5) is 0 Å². The van der Waals surface area contributed by atoms with Gasteiger partial charge in [-0.1, -0.05) is 0 Å². The Hall–Kier alpha value is -2.22. The number of thioether (sulfide) groups is 1. The molecule has 1 rings (SSSR count). The van der Waals surface area contributed by atoms with Gasteiger partial charge in [0.1, 0.15) is 11.3 Å². The molecule has 0 heterocycles. The number of carbonyl (C=O) groups excluding carboxylic acids is 3. The van der Waals surface area contributed by atoms with Crippen LogP contribution in [0.5, 0.6) is 5.75 Å². The molecule has 0 unspecified atom stereocenters. The molecule has 114 valence electrons. The van der Waals surface area contributed by atoms with Gasteiger partial charge in [0.15, 0.2) is 6.61 Å². The van der Waals surface area contributed by atoms with Gasteiger partial charge in [-0.3, -0.25) is 20.4 Å². The van der Waals surface area contributed by atoms with Gasteiger partial charge in [0.2, 0.25) is 5.91 Å². The van der Waals surface area contributed by atoms with Crippen molar-refractivity contribution in [1.29, 1.82) is 0 Å². The Balaban J connectivity index is 2.63. The number of methoxy groups -OCH3 is 1. The van der Waals surface area contributed by atoms with Gasteiger partial charge in [-0.2, -0.15) is 0 Å². The van der Waals surface area contributed by atoms with E-state index in [1.165, 1.54) is 25.8 Å². The van der Waals surface area contributed by atoms with Crippen LogP contribution in [-0.2, 0) is 14.3 Å². The van der Waals surface area contributed by atoms with Gasteiger partial charge in [0, 0.05) is 11.8 Å². The van der Waals surface area contributed by atoms with Gasteiger partial charge in [-0.25, -0.2) is 4.79 Å². The summed E-state index contributed by atoms with van der Waals surface area (Å²) in [4.78, 5) is 34.7. The van der Waals surface area contributed by atoms with Crippen molar-refractivity contribution < 1.29 is 23.9 Å². The van der Waals surface area contributed by atoms with Crippen molar-refractivity contribution in [3.8, 4) is 5.75 Å². The fourth-order valence-corrected chi connectivity index (χ4v) is 1.80. The van der Waals surface area contributed by atoms with Crippen LogP contribution >= 0.6 is 11.8 Å². The third-order valence-corrected chi connectivity index (χ3v) is 3.07. The summed E-state index contributed by atoms with van der Waals surface area (Å²) in [6, 6.07) is 5.03. The average Bonchev–Trinajstić information content (AvgIpc) is 2.49. The summed E-state index contributed by atoms with van der Waals surface area (Å²) in [5.41, 5.74) is 4.40. The molecule has 7 nitrogen and oxygen atoms in total. The van der Waals surface area contributed by atoms with Gasteiger partial charge < -0.3 is 9.47 Å². The number of amides is 2. The SMILES string of the molecule is COc1cc(SC)ccc1C(=O)OCC(=O)NNC(C)=O. The highest BCUT2D eigenvalue weighted by Crippen LogP contribution is 2.25. The first-order valence-electron chi connectivity index (χ1n) is 5.92. The number of benzene rings is 1. The van der Waals surface area contributed by atoms with Crippen molar-refractivity contribution >= 4 is 29.5 Å². The van der Waals surface area contributed by atoms with Crippen LogP contribution in [0.2, 0.25) is 0 Å². The summed E-state index contributed by atoms with van der Waals surface area (Å²) >= 11 is 1.51. The van der Waals surface area contributed by atoms with Gasteiger partial charge in [-0.05, 0) is 24.5 Å². The number of esters is 1. The molecule has 8 heteroatoms. The highest BCUT2D eigenvalue weighted by atomic mass is 32.2. The topological polar surface area (TPSA) is 93.7 Å². The number of hydrogen-bond donors (Lipinski definition) is 2. The van der Waals surface area contributed by atoms with Crippen LogP contribution in [0.25, 0.3) is 0 Å². The van der Waals surface area contributed by atoms with Crippen molar-refractivity contribution in [2.75, 3.05) is 20.0 Å². The van der Waals surface area contributed by atoms with E-state index in [1.807, 2.05) is 6.26 Å². The van der Waals surface area contributed by atoms with Crippen molar-refractivity contribution in [2.24, 2.45) is 0 Å². The number of rotatable bonds is 5. The third kappa shape index (κ3) is 5.35. The lowest BCUT2D eigenvalue weighted by Gasteiger charge is -2.10. The van der Waals surface area contributed by atoms with Crippen molar-refractivity contribution in [3.05, 3.63) is 23.8 Å². The fraction of sp³-hybridized carbons (Fsp3) is 0.308. The Bertz CT molecular complexity index is 547. The molecule has 0 saturated heterocycles. The van der Waals surface area contributed by atoms with Crippen LogP contribution < -0.4 is 15.6 Å². The first kappa shape index (κ1) is 16.8. The molecule has 0 aromatic heterocycles. The minimum Gasteiger partial charge on any atom is -0.496 e. The zero-order chi connectivity index (χ0) is 15.8. The van der Waals surface area contributed by atoms with Gasteiger partial charge >= 0.3 is 5.97 Å². The molecule has 0 aliphatic heterocycles. The molecule has 1 aromatic rings. The van der Waals surface area contributed by atoms with Crippen LogP contribution in [0.1, 0.15) is 17.3 Å². The van der Waals surface area contributed by atoms with E-state index in [2.05, 4.69) is 10.9 Å². The van der Waals surface area contributed by atoms with E-state index in [1.54, 1.807) is 18.2 Å². The Morgan fingerprint density at radius 3 is 2.52 bits per heavy atom. The summed E-state index contributed by atoms with van der Waals surface area (Å²) in [6.07, 6.45) is 1.90. The highest BCUT2D eigenvalue weighted by Gasteiger charge is 2.15. The third-order valence-electron chi connectivity index (χ3n) is 2.34. The summed E-state index contributed by atoms with van der Waals surface area (Å²) < 4.78 is 9.97. The first-order valence-corrected chi connectivity index (χ1v) is 7.15. The molecule has 0 aliphatic rings. The molecule has 2 N–H and O–H groups in total. The summed E-state index contributed by atoms with van der Waals surface area (Å²) in [5.74, 6) is -1.38. The maximum absolute atomic E-state index is 11.9. The maximum Gasteiger partial charge on any atom is 0.342 e. The molecule has 0 bridgehead atoms. The van der Waals surface area contributed by atoms with E-state index >= 15 is 0 Å². The number of nitrogens with one attached hydrogen (secondary N) is 2. The van der Waals surface area contributed by atoms with Gasteiger partial charge in [0.05, 0.1) is 7.11 Å². The van der Waals surface area contributed by atoms with Crippen LogP contribution in [-0.4, -0.2) is 37.8 Å². The largest absolute Gasteiger partial charge is 0.496 e. The predicted octanol–water partition coefficient (Wildman–Crippen LogP) is 0.741. The normalized spacial score (nSPS) is 9.67. The van der Waals surface area contributed by atoms with E-state index < -0.39 is 24.4 Å². The molecule has 0 atom stereocenters. The molecule has 0 radical (unpaired) electrons. The second-order valence-electron chi connectivity index (χ2n) is 3.87. The predicted molar refractivity (Wildman–Crippen MR) is 77.0 cm³/mol. The minimum atomic E-state index is -0.683. The van der Waals surface area contributed by atoms with E-state index in [4.69, 9.17) is 9.47 Å². The van der Waals surface area contributed by atoms with E-state index in [9.17, 15) is 14.4 Å². The number of hydrogen-bond acceptors (Lipinski definition) is 6. The van der Waals surface area contributed by atoms with Crippen molar-refractivity contribution in [2.45, 2.75) is 11.8 Å². The average molecular weight is 312 g/mol. The van der Waals surface area contributed by atoms with Crippen LogP contribution in [0.3, 0.4) is 0 Å². The standard InChI is InChI=1S/C13H16N2O5S/c1-8(16)14-15-12(17)7-20-13(18)10-5-4-9(21-3)6-11(10)19-2/h4-6H,7H2,1-3H3,(H,14,16)(H,15,17). The second-order valence-corrected chi connectivity index (χ2v) is 4.75. The van der Waals surface area contributed by atoms with Crippen molar-refractivity contribution in [1.82, 2.24) is 10.9 Å². The Morgan fingerprint density at radius 1 is 1.24 bits per heavy atom. The number of hydrazine groups is 1. The lowest BCUT2D eigenvalue weighted by atomic mass is 10.2. The summed E-state index contributed by atoms with van der Waals surface area (Å²) in [5, 5.41) is 0. The van der Waals surface area contributed by atoms with Crippen LogP contribution in [0, 0.1) is 0 Å². The smallest absolute Gasteiger partial charge is 0.342 e. The van der Waals surface area contributed by atoms with Crippen molar-refractivity contribution in [3.63, 3.8) is 0 Å². The van der Waals surface area contributed by atoms with Gasteiger partial charge in [-0.15, -0.1) is 11.8 Å². The first-order chi connectivity index (χ1) is 9.97. The van der Waals surface area contributed by atoms with E-state index in [0.717, 1.165) is 4.90 Å². The molecule has 2 amide bonds. The lowest BCUT2D eigenvalue weighted by Crippen LogP contribution is -2.42. The van der Waals surface area contributed by atoms with E-state index in [0.29, 0.717) is 5.75 Å². The quantitative estimate of drug-likeness (QED) is 0.473. The molecule has 1 aromatic carbocycles. The molecule has 21 heavy (non-hydrogen) atoms. The molecular formula is C13H16N2O5S. The monoisotopic (exact) mass is 312 g/mol. The molecule has 0 fully saturated rings. The minimum absolute atomic E-state index is 0.225. The Labute approximate surface area is 126 Å². The van der Waals surface area contributed by atoms with Crippen LogP contribution in [0.15, 0.2) is 23.1 Å². The lowest BCUT2D eigenvalue weighted by molar-refractivity contribution is -0.129. The summed E-state index contributed by atoms with van der Waals surface area (Å²) in [6.45, 7) is 0.733. The summed E-state index contributed by atoms with van der Waals surface area (Å²) in [7, 11) is 1.44. The van der Waals surface area contributed by atoms with E-state index in [-0.39, 0.29) is 5.56 Å². The number of carbonyl (C=O) groups is 3. The second kappa shape index (κ2) is 8.15. The molecule has 0 aliphatic carbocycles. The maximum atomic E-state index is 11.9. The van der Waals surface area contributed by atoms with Gasteiger partial charge in [0.25, 0.3) is 5.91 Å². The zero-order valence-corrected chi connectivity index (χ0v) is 12.7. The highest BCUT2D eigenvalue weighted by molar-refractivity contribution is 7.98. The number of ether oxygens (including phenoxy) is 2. The fourth-order valence-electron chi connectivity index (χ4n) is 1.37. The molecule has 0 spiro atoms. The Morgan fingerprint density at radius 2 is 1.95 bits per heavy atom.